The van der Waals surface area contributed by atoms with Crippen LogP contribution in [0.25, 0.3) is 11.1 Å². The first-order chi connectivity index (χ1) is 8.59. The molecule has 0 saturated carbocycles. The Morgan fingerprint density at radius 1 is 1.06 bits per heavy atom. The molecule has 0 spiro atoms. The Morgan fingerprint density at radius 2 is 1.72 bits per heavy atom. The molecule has 2 aromatic rings. The van der Waals surface area contributed by atoms with Crippen LogP contribution < -0.4 is 4.65 Å². The number of benzene rings is 2. The molecule has 0 aliphatic heterocycles. The zero-order valence-electron chi connectivity index (χ0n) is 9.18. The second kappa shape index (κ2) is 5.76. The predicted octanol–water partition coefficient (Wildman–Crippen LogP) is 3.12. The lowest BCUT2D eigenvalue weighted by Gasteiger charge is -2.13. The monoisotopic (exact) mass is 326 g/mol. The molecule has 0 aliphatic carbocycles. The van der Waals surface area contributed by atoms with Crippen LogP contribution in [0.1, 0.15) is 0 Å². The molecule has 0 bridgehead atoms. The highest BCUT2D eigenvalue weighted by molar-refractivity contribution is 9.10. The van der Waals surface area contributed by atoms with Gasteiger partial charge in [-0.25, -0.2) is 0 Å². The molecular formula is C12H9BBrClO3. The minimum absolute atomic E-state index is 0.216. The molecule has 0 fully saturated rings. The fourth-order valence-corrected chi connectivity index (χ4v) is 2.60. The summed E-state index contributed by atoms with van der Waals surface area (Å²) in [4.78, 5) is 0. The van der Waals surface area contributed by atoms with Crippen molar-refractivity contribution in [1.29, 1.82) is 0 Å². The Morgan fingerprint density at radius 3 is 2.33 bits per heavy atom. The van der Waals surface area contributed by atoms with Crippen molar-refractivity contribution in [1.82, 2.24) is 0 Å². The lowest BCUT2D eigenvalue weighted by molar-refractivity contribution is 0.288. The second-order valence-electron chi connectivity index (χ2n) is 3.54. The minimum atomic E-state index is -1.90. The summed E-state index contributed by atoms with van der Waals surface area (Å²) in [5.41, 5.74) is 1.66. The molecule has 2 rings (SSSR count). The van der Waals surface area contributed by atoms with Gasteiger partial charge in [-0.1, -0.05) is 57.9 Å². The van der Waals surface area contributed by atoms with E-state index < -0.39 is 7.32 Å². The first kappa shape index (κ1) is 13.4. The first-order valence-corrected chi connectivity index (χ1v) is 6.33. The van der Waals surface area contributed by atoms with Gasteiger partial charge >= 0.3 is 7.32 Å². The van der Waals surface area contributed by atoms with Gasteiger partial charge in [0.05, 0.1) is 5.02 Å². The lowest BCUT2D eigenvalue weighted by Crippen LogP contribution is -2.20. The van der Waals surface area contributed by atoms with Crippen LogP contribution in [0.4, 0.5) is 0 Å². The Balaban J connectivity index is 2.53. The zero-order valence-corrected chi connectivity index (χ0v) is 11.5. The van der Waals surface area contributed by atoms with Crippen molar-refractivity contribution in [3.63, 3.8) is 0 Å². The van der Waals surface area contributed by atoms with Crippen molar-refractivity contribution in [2.45, 2.75) is 0 Å². The van der Waals surface area contributed by atoms with E-state index in [9.17, 15) is 0 Å². The summed E-state index contributed by atoms with van der Waals surface area (Å²) in [6, 6.07) is 12.8. The third kappa shape index (κ3) is 2.87. The molecule has 6 heteroatoms. The molecule has 0 atom stereocenters. The van der Waals surface area contributed by atoms with E-state index in [0.717, 1.165) is 15.6 Å². The minimum Gasteiger partial charge on any atom is -0.511 e. The van der Waals surface area contributed by atoms with Crippen molar-refractivity contribution < 1.29 is 14.7 Å². The summed E-state index contributed by atoms with van der Waals surface area (Å²) in [5.74, 6) is 0.216. The molecule has 0 radical (unpaired) electrons. The molecule has 0 aromatic heterocycles. The van der Waals surface area contributed by atoms with Crippen LogP contribution in [-0.2, 0) is 0 Å². The third-order valence-electron chi connectivity index (χ3n) is 2.35. The lowest BCUT2D eigenvalue weighted by atomic mass is 10.1. The SMILES string of the molecule is OB(O)Oc1ccc(Br)c(-c2ccccc2)c1Cl. The summed E-state index contributed by atoms with van der Waals surface area (Å²) in [6.45, 7) is 0. The van der Waals surface area contributed by atoms with Crippen molar-refractivity contribution in [3.8, 4) is 16.9 Å². The molecule has 18 heavy (non-hydrogen) atoms. The largest absolute Gasteiger partial charge is 0.707 e. The summed E-state index contributed by atoms with van der Waals surface area (Å²) >= 11 is 9.63. The van der Waals surface area contributed by atoms with Gasteiger partial charge in [0.15, 0.2) is 0 Å². The second-order valence-corrected chi connectivity index (χ2v) is 4.78. The van der Waals surface area contributed by atoms with E-state index in [0.29, 0.717) is 5.02 Å². The molecule has 2 aromatic carbocycles. The van der Waals surface area contributed by atoms with E-state index in [1.54, 1.807) is 12.1 Å². The van der Waals surface area contributed by atoms with Gasteiger partial charge < -0.3 is 14.7 Å². The van der Waals surface area contributed by atoms with Crippen molar-refractivity contribution in [2.24, 2.45) is 0 Å². The van der Waals surface area contributed by atoms with E-state index in [2.05, 4.69) is 15.9 Å². The first-order valence-electron chi connectivity index (χ1n) is 5.16. The summed E-state index contributed by atoms with van der Waals surface area (Å²) in [5, 5.41) is 18.0. The van der Waals surface area contributed by atoms with Crippen LogP contribution in [0.15, 0.2) is 46.9 Å². The topological polar surface area (TPSA) is 49.7 Å². The molecule has 0 saturated heterocycles. The van der Waals surface area contributed by atoms with Crippen LogP contribution >= 0.6 is 27.5 Å². The fraction of sp³-hybridized carbons (Fsp3) is 0. The van der Waals surface area contributed by atoms with Crippen LogP contribution in [0.2, 0.25) is 5.02 Å². The van der Waals surface area contributed by atoms with E-state index in [1.807, 2.05) is 30.3 Å². The van der Waals surface area contributed by atoms with Gasteiger partial charge in [-0.2, -0.15) is 0 Å². The van der Waals surface area contributed by atoms with Crippen LogP contribution in [0, 0.1) is 0 Å². The van der Waals surface area contributed by atoms with Crippen LogP contribution in [-0.4, -0.2) is 17.4 Å². The summed E-state index contributed by atoms with van der Waals surface area (Å²) in [6.07, 6.45) is 0. The maximum Gasteiger partial charge on any atom is 0.707 e. The number of halogens is 2. The molecule has 2 N–H and O–H groups in total. The standard InChI is InChI=1S/C12H9BBrClO3/c14-9-6-7-10(18-13(16)17)12(15)11(9)8-4-2-1-3-5-8/h1-7,16-17H. The van der Waals surface area contributed by atoms with E-state index in [1.165, 1.54) is 0 Å². The number of hydrogen-bond acceptors (Lipinski definition) is 3. The highest BCUT2D eigenvalue weighted by Crippen LogP contribution is 2.40. The average Bonchev–Trinajstić information content (AvgIpc) is 2.34. The van der Waals surface area contributed by atoms with Crippen molar-refractivity contribution in [2.75, 3.05) is 0 Å². The van der Waals surface area contributed by atoms with E-state index in [4.69, 9.17) is 26.3 Å². The molecule has 92 valence electrons. The normalized spacial score (nSPS) is 10.2. The Labute approximate surface area is 118 Å². The predicted molar refractivity (Wildman–Crippen MR) is 75.4 cm³/mol. The molecule has 0 aliphatic rings. The summed E-state index contributed by atoms with van der Waals surface area (Å²) in [7, 11) is -1.90. The van der Waals surface area contributed by atoms with Gasteiger partial charge in [-0.3, -0.25) is 0 Å². The average molecular weight is 327 g/mol. The highest BCUT2D eigenvalue weighted by atomic mass is 79.9. The Bertz CT molecular complexity index is 549. The van der Waals surface area contributed by atoms with Gasteiger partial charge in [0, 0.05) is 10.0 Å². The Kier molecular flexibility index (Phi) is 4.29. The van der Waals surface area contributed by atoms with Crippen molar-refractivity contribution >= 4 is 34.9 Å². The number of hydrogen-bond donors (Lipinski definition) is 2. The maximum absolute atomic E-state index is 8.82. The van der Waals surface area contributed by atoms with E-state index in [-0.39, 0.29) is 5.75 Å². The van der Waals surface area contributed by atoms with Gasteiger partial charge in [-0.15, -0.1) is 0 Å². The molecule has 0 heterocycles. The van der Waals surface area contributed by atoms with Crippen molar-refractivity contribution in [3.05, 3.63) is 52.0 Å². The fourth-order valence-electron chi connectivity index (χ4n) is 1.61. The third-order valence-corrected chi connectivity index (χ3v) is 3.39. The van der Waals surface area contributed by atoms with Crippen LogP contribution in [0.5, 0.6) is 5.75 Å². The van der Waals surface area contributed by atoms with Gasteiger partial charge in [0.2, 0.25) is 0 Å². The van der Waals surface area contributed by atoms with E-state index >= 15 is 0 Å². The van der Waals surface area contributed by atoms with Crippen LogP contribution in [0.3, 0.4) is 0 Å². The molecule has 0 amide bonds. The molecule has 0 unspecified atom stereocenters. The van der Waals surface area contributed by atoms with Gasteiger partial charge in [0.1, 0.15) is 5.75 Å². The molecular weight excluding hydrogens is 318 g/mol. The van der Waals surface area contributed by atoms with Gasteiger partial charge in [-0.05, 0) is 17.7 Å². The quantitative estimate of drug-likeness (QED) is 0.852. The zero-order chi connectivity index (χ0) is 13.1. The smallest absolute Gasteiger partial charge is 0.511 e. The highest BCUT2D eigenvalue weighted by Gasteiger charge is 2.18. The maximum atomic E-state index is 8.82. The molecule has 3 nitrogen and oxygen atoms in total. The summed E-state index contributed by atoms with van der Waals surface area (Å²) < 4.78 is 5.62. The number of rotatable bonds is 3. The van der Waals surface area contributed by atoms with Gasteiger partial charge in [0.25, 0.3) is 0 Å². The Hall–Kier alpha value is -1.01.